The van der Waals surface area contributed by atoms with Gasteiger partial charge < -0.3 is 15.1 Å². The Hall–Kier alpha value is -2.89. The molecular weight excluding hydrogens is 260 g/mol. The van der Waals surface area contributed by atoms with Gasteiger partial charge in [-0.05, 0) is 36.4 Å². The van der Waals surface area contributed by atoms with Crippen molar-refractivity contribution in [1.29, 1.82) is 0 Å². The van der Waals surface area contributed by atoms with E-state index < -0.39 is 5.97 Å². The number of carboxylic acids is 1. The van der Waals surface area contributed by atoms with Gasteiger partial charge in [0.1, 0.15) is 11.4 Å². The molecule has 20 heavy (non-hydrogen) atoms. The number of rotatable bonds is 4. The van der Waals surface area contributed by atoms with Crippen LogP contribution in [0.2, 0.25) is 0 Å². The van der Waals surface area contributed by atoms with Crippen molar-refractivity contribution in [2.75, 3.05) is 7.11 Å². The number of methoxy groups -OCH3 is 1. The van der Waals surface area contributed by atoms with Crippen LogP contribution in [0.5, 0.6) is 5.75 Å². The van der Waals surface area contributed by atoms with Gasteiger partial charge in [-0.2, -0.15) is 0 Å². The molecule has 1 N–H and O–H groups in total. The van der Waals surface area contributed by atoms with Crippen molar-refractivity contribution in [3.63, 3.8) is 0 Å². The Labute approximate surface area is 115 Å². The normalized spacial score (nSPS) is 11.2. The quantitative estimate of drug-likeness (QED) is 0.525. The van der Waals surface area contributed by atoms with Crippen LogP contribution in [-0.4, -0.2) is 23.0 Å². The first-order valence-corrected chi connectivity index (χ1v) is 5.76. The maximum atomic E-state index is 11.8. The molecule has 0 aliphatic rings. The molecule has 0 saturated carbocycles. The average molecular weight is 272 g/mol. The number of hydrogen-bond donors (Lipinski definition) is 1. The molecule has 0 atom stereocenters. The van der Waals surface area contributed by atoms with Crippen LogP contribution in [0.3, 0.4) is 0 Å². The minimum Gasteiger partial charge on any atom is -0.594 e. The molecule has 0 fully saturated rings. The van der Waals surface area contributed by atoms with Gasteiger partial charge in [-0.15, -0.1) is 0 Å². The molecule has 0 heterocycles. The summed E-state index contributed by atoms with van der Waals surface area (Å²) < 4.78 is 5.01. The Morgan fingerprint density at radius 1 is 1.15 bits per heavy atom. The van der Waals surface area contributed by atoms with Gasteiger partial charge >= 0.3 is 5.97 Å². The minimum atomic E-state index is -1.04. The van der Waals surface area contributed by atoms with E-state index in [1.165, 1.54) is 24.3 Å². The van der Waals surface area contributed by atoms with Crippen molar-refractivity contribution in [2.24, 2.45) is 5.11 Å². The maximum Gasteiger partial charge on any atom is 0.335 e. The van der Waals surface area contributed by atoms with Crippen LogP contribution in [0, 0.1) is 5.21 Å². The van der Waals surface area contributed by atoms with Crippen molar-refractivity contribution >= 4 is 17.3 Å². The molecule has 6 heteroatoms. The molecule has 2 aromatic rings. The minimum absolute atomic E-state index is 0.117. The topological polar surface area (TPSA) is 85.0 Å². The number of azo groups is 1. The molecule has 2 rings (SSSR count). The lowest BCUT2D eigenvalue weighted by Gasteiger charge is -2.01. The summed E-state index contributed by atoms with van der Waals surface area (Å²) in [5.74, 6) is -0.367. The third-order valence-corrected chi connectivity index (χ3v) is 2.61. The molecule has 0 radical (unpaired) electrons. The lowest BCUT2D eigenvalue weighted by molar-refractivity contribution is -0.435. The molecule has 0 aromatic heterocycles. The van der Waals surface area contributed by atoms with Crippen molar-refractivity contribution in [3.8, 4) is 5.75 Å². The zero-order chi connectivity index (χ0) is 14.5. The molecule has 0 aliphatic heterocycles. The summed E-state index contributed by atoms with van der Waals surface area (Å²) in [4.78, 5) is 11.1. The molecule has 0 amide bonds. The summed E-state index contributed by atoms with van der Waals surface area (Å²) in [6, 6.07) is 12.2. The van der Waals surface area contributed by atoms with Crippen molar-refractivity contribution in [3.05, 3.63) is 59.3 Å². The fourth-order valence-corrected chi connectivity index (χ4v) is 1.54. The first kappa shape index (κ1) is 13.5. The second-order valence-electron chi connectivity index (χ2n) is 3.92. The summed E-state index contributed by atoms with van der Waals surface area (Å²) in [5.41, 5.74) is 0.848. The van der Waals surface area contributed by atoms with Crippen LogP contribution in [0.1, 0.15) is 10.4 Å². The van der Waals surface area contributed by atoms with Gasteiger partial charge in [-0.1, -0.05) is 4.86 Å². The van der Waals surface area contributed by atoms with E-state index in [-0.39, 0.29) is 11.3 Å². The Bertz CT molecular complexity index is 633. The Morgan fingerprint density at radius 2 is 1.75 bits per heavy atom. The average Bonchev–Trinajstić information content (AvgIpc) is 2.48. The molecule has 0 saturated heterocycles. The Kier molecular flexibility index (Phi) is 3.95. The Balaban J connectivity index is 2.22. The number of hydrogen-bond acceptors (Lipinski definition) is 4. The highest BCUT2D eigenvalue weighted by Crippen LogP contribution is 2.20. The lowest BCUT2D eigenvalue weighted by atomic mass is 10.2. The van der Waals surface area contributed by atoms with Gasteiger partial charge in [-0.3, -0.25) is 0 Å². The number of nitrogens with zero attached hydrogens (tertiary/aromatic N) is 2. The van der Waals surface area contributed by atoms with Crippen LogP contribution < -0.4 is 4.74 Å². The van der Waals surface area contributed by atoms with E-state index in [0.29, 0.717) is 16.3 Å². The van der Waals surface area contributed by atoms with E-state index in [2.05, 4.69) is 5.11 Å². The largest absolute Gasteiger partial charge is 0.594 e. The Morgan fingerprint density at radius 3 is 2.25 bits per heavy atom. The van der Waals surface area contributed by atoms with E-state index >= 15 is 0 Å². The number of benzene rings is 2. The van der Waals surface area contributed by atoms with Crippen LogP contribution in [0.25, 0.3) is 0 Å². The van der Waals surface area contributed by atoms with Crippen molar-refractivity contribution in [2.45, 2.75) is 0 Å². The molecule has 6 nitrogen and oxygen atoms in total. The van der Waals surface area contributed by atoms with Crippen LogP contribution >= 0.6 is 0 Å². The van der Waals surface area contributed by atoms with Crippen molar-refractivity contribution in [1.82, 2.24) is 0 Å². The third kappa shape index (κ3) is 3.11. The SMILES string of the molecule is COc1ccc(N=[N+]([O-])c2ccc(C(=O)O)cc2)cc1. The zero-order valence-corrected chi connectivity index (χ0v) is 10.7. The van der Waals surface area contributed by atoms with Crippen molar-refractivity contribution < 1.29 is 19.5 Å². The summed E-state index contributed by atoms with van der Waals surface area (Å²) in [6.45, 7) is 0. The van der Waals surface area contributed by atoms with Crippen LogP contribution in [0.15, 0.2) is 53.6 Å². The summed E-state index contributed by atoms with van der Waals surface area (Å²) in [6.07, 6.45) is 0. The molecule has 0 aliphatic carbocycles. The highest BCUT2D eigenvalue weighted by atomic mass is 16.5. The van der Waals surface area contributed by atoms with Crippen LogP contribution in [0.4, 0.5) is 11.4 Å². The van der Waals surface area contributed by atoms with E-state index in [1.54, 1.807) is 31.4 Å². The lowest BCUT2D eigenvalue weighted by Crippen LogP contribution is -1.96. The van der Waals surface area contributed by atoms with Gasteiger partial charge in [0, 0.05) is 17.2 Å². The van der Waals surface area contributed by atoms with E-state index in [1.807, 2.05) is 0 Å². The number of carbonyl (C=O) groups is 1. The van der Waals surface area contributed by atoms with Gasteiger partial charge in [0.25, 0.3) is 0 Å². The summed E-state index contributed by atoms with van der Waals surface area (Å²) in [5, 5.41) is 24.4. The standard InChI is InChI=1S/C14H12N2O4/c1-20-13-8-4-11(5-9-13)15-16(19)12-6-2-10(3-7-12)14(17)18/h2-9H,1H3,(H,17,18). The van der Waals surface area contributed by atoms with Crippen LogP contribution in [-0.2, 0) is 0 Å². The van der Waals surface area contributed by atoms with E-state index in [0.717, 1.165) is 0 Å². The molecule has 102 valence electrons. The molecule has 0 bridgehead atoms. The van der Waals surface area contributed by atoms with Gasteiger partial charge in [-0.25, -0.2) is 4.79 Å². The number of carboxylic acid groups (broad SMARTS) is 1. The molecule has 2 aromatic carbocycles. The second kappa shape index (κ2) is 5.83. The second-order valence-corrected chi connectivity index (χ2v) is 3.92. The van der Waals surface area contributed by atoms with Gasteiger partial charge in [0.05, 0.1) is 12.7 Å². The van der Waals surface area contributed by atoms with Gasteiger partial charge in [0.15, 0.2) is 0 Å². The van der Waals surface area contributed by atoms with E-state index in [4.69, 9.17) is 9.84 Å². The first-order chi connectivity index (χ1) is 9.60. The molecule has 0 unspecified atom stereocenters. The third-order valence-electron chi connectivity index (χ3n) is 2.61. The number of ether oxygens (including phenoxy) is 1. The van der Waals surface area contributed by atoms with E-state index in [9.17, 15) is 10.0 Å². The fraction of sp³-hybridized carbons (Fsp3) is 0.0714. The smallest absolute Gasteiger partial charge is 0.335 e. The summed E-state index contributed by atoms with van der Waals surface area (Å²) in [7, 11) is 1.55. The molecular formula is C14H12N2O4. The molecule has 0 spiro atoms. The fourth-order valence-electron chi connectivity index (χ4n) is 1.54. The predicted octanol–water partition coefficient (Wildman–Crippen LogP) is 3.32. The summed E-state index contributed by atoms with van der Waals surface area (Å²) >= 11 is 0. The monoisotopic (exact) mass is 272 g/mol. The first-order valence-electron chi connectivity index (χ1n) is 5.76. The zero-order valence-electron chi connectivity index (χ0n) is 10.7. The highest BCUT2D eigenvalue weighted by Gasteiger charge is 2.07. The predicted molar refractivity (Wildman–Crippen MR) is 71.8 cm³/mol. The number of aromatic carboxylic acids is 1. The van der Waals surface area contributed by atoms with Gasteiger partial charge in [0.2, 0.25) is 5.69 Å². The maximum absolute atomic E-state index is 11.8. The highest BCUT2D eigenvalue weighted by molar-refractivity contribution is 5.87.